The van der Waals surface area contributed by atoms with Gasteiger partial charge in [0.25, 0.3) is 0 Å². The average molecular weight is 860 g/mol. The molecule has 0 aliphatic carbocycles. The predicted molar refractivity (Wildman–Crippen MR) is 253 cm³/mol. The first-order chi connectivity index (χ1) is 29.8. The second-order valence-corrected chi connectivity index (χ2v) is 17.2. The molecule has 0 aromatic carbocycles. The molecule has 1 heterocycles. The number of carbonyl (C=O) groups excluding carboxylic acids is 1. The van der Waals surface area contributed by atoms with Gasteiger partial charge in [-0.2, -0.15) is 0 Å². The number of ether oxygens (including phenoxy) is 2. The van der Waals surface area contributed by atoms with E-state index in [-0.39, 0.29) is 12.5 Å². The van der Waals surface area contributed by atoms with Crippen LogP contribution >= 0.6 is 0 Å². The predicted octanol–water partition coefficient (Wildman–Crippen LogP) is 11.2. The van der Waals surface area contributed by atoms with Crippen LogP contribution in [0.4, 0.5) is 0 Å². The molecule has 1 amide bonds. The second-order valence-electron chi connectivity index (χ2n) is 17.2. The molecule has 1 aliphatic heterocycles. The van der Waals surface area contributed by atoms with Crippen molar-refractivity contribution in [3.8, 4) is 0 Å². The van der Waals surface area contributed by atoms with Gasteiger partial charge in [-0.05, 0) is 70.6 Å². The molecule has 0 spiro atoms. The summed E-state index contributed by atoms with van der Waals surface area (Å²) in [5, 5.41) is 54.1. The van der Waals surface area contributed by atoms with Gasteiger partial charge in [-0.15, -0.1) is 0 Å². The molecule has 1 saturated heterocycles. The number of unbranched alkanes of at least 4 members (excludes halogenated alkanes) is 23. The highest BCUT2D eigenvalue weighted by Crippen LogP contribution is 2.22. The zero-order chi connectivity index (χ0) is 44.4. The van der Waals surface area contributed by atoms with Crippen molar-refractivity contribution in [2.45, 2.75) is 249 Å². The largest absolute Gasteiger partial charge is 0.394 e. The van der Waals surface area contributed by atoms with Crippen molar-refractivity contribution < 1.29 is 39.8 Å². The normalized spacial score (nSPS) is 20.9. The van der Waals surface area contributed by atoms with E-state index in [0.717, 1.165) is 64.2 Å². The van der Waals surface area contributed by atoms with Gasteiger partial charge in [-0.25, -0.2) is 0 Å². The first kappa shape index (κ1) is 56.9. The van der Waals surface area contributed by atoms with Gasteiger partial charge in [0.15, 0.2) is 6.29 Å². The van der Waals surface area contributed by atoms with Gasteiger partial charge in [0, 0.05) is 6.42 Å². The molecule has 1 aliphatic rings. The highest BCUT2D eigenvalue weighted by Gasteiger charge is 2.44. The molecule has 0 aromatic heterocycles. The summed E-state index contributed by atoms with van der Waals surface area (Å²) < 4.78 is 11.2. The summed E-state index contributed by atoms with van der Waals surface area (Å²) in [5.74, 6) is -0.194. The molecule has 7 unspecified atom stereocenters. The number of allylic oxidation sites excluding steroid dienone is 9. The lowest BCUT2D eigenvalue weighted by Crippen LogP contribution is -2.60. The molecule has 9 heteroatoms. The topological polar surface area (TPSA) is 149 Å². The Morgan fingerprint density at radius 3 is 1.52 bits per heavy atom. The summed E-state index contributed by atoms with van der Waals surface area (Å²) in [7, 11) is 0. The van der Waals surface area contributed by atoms with Gasteiger partial charge < -0.3 is 40.3 Å². The number of nitrogens with one attached hydrogen (secondary N) is 1. The first-order valence-electron chi connectivity index (χ1n) is 25.0. The standard InChI is InChI=1S/C52H93NO8/c1-3-5-7-9-11-13-15-16-17-18-19-20-21-22-23-24-25-26-27-28-29-30-32-34-36-38-40-42-48(56)53-45(44-60-52-51(59)50(58)49(57)47(43-54)61-52)46(55)41-39-37-35-33-31-14-12-10-8-6-4-2/h8,10,15-16,18-19,31,33,39,41,45-47,49-52,54-55,57-59H,3-7,9,11-14,17,20-30,32,34-38,40,42-44H2,1-2H3,(H,53,56)/b10-8+,16-15-,19-18-,33-31+,41-39+. The second kappa shape index (κ2) is 41.9. The van der Waals surface area contributed by atoms with Crippen molar-refractivity contribution in [1.82, 2.24) is 5.32 Å². The summed E-state index contributed by atoms with van der Waals surface area (Å²) >= 11 is 0. The number of hydrogen-bond donors (Lipinski definition) is 6. The Hall–Kier alpha value is -2.11. The van der Waals surface area contributed by atoms with Crippen molar-refractivity contribution >= 4 is 5.91 Å². The third-order valence-corrected chi connectivity index (χ3v) is 11.5. The summed E-state index contributed by atoms with van der Waals surface area (Å²) in [6.45, 7) is 3.66. The molecular formula is C52H93NO8. The smallest absolute Gasteiger partial charge is 0.220 e. The number of rotatable bonds is 41. The maximum Gasteiger partial charge on any atom is 0.220 e. The maximum atomic E-state index is 13.0. The lowest BCUT2D eigenvalue weighted by atomic mass is 9.99. The van der Waals surface area contributed by atoms with Crippen molar-refractivity contribution in [2.75, 3.05) is 13.2 Å². The Morgan fingerprint density at radius 1 is 0.557 bits per heavy atom. The van der Waals surface area contributed by atoms with E-state index in [1.54, 1.807) is 6.08 Å². The van der Waals surface area contributed by atoms with Crippen LogP contribution in [0.1, 0.15) is 206 Å². The Morgan fingerprint density at radius 2 is 1.02 bits per heavy atom. The molecule has 0 saturated carbocycles. The van der Waals surface area contributed by atoms with Gasteiger partial charge in [-0.1, -0.05) is 190 Å². The molecule has 0 aromatic rings. The van der Waals surface area contributed by atoms with E-state index in [9.17, 15) is 30.3 Å². The minimum atomic E-state index is -1.57. The molecule has 0 radical (unpaired) electrons. The molecule has 0 bridgehead atoms. The highest BCUT2D eigenvalue weighted by molar-refractivity contribution is 5.76. The van der Waals surface area contributed by atoms with Crippen LogP contribution in [0.15, 0.2) is 60.8 Å². The fourth-order valence-electron chi connectivity index (χ4n) is 7.52. The van der Waals surface area contributed by atoms with E-state index in [1.807, 2.05) is 6.08 Å². The molecular weight excluding hydrogens is 767 g/mol. The number of hydrogen-bond acceptors (Lipinski definition) is 8. The van der Waals surface area contributed by atoms with Crippen LogP contribution in [-0.2, 0) is 14.3 Å². The first-order valence-corrected chi connectivity index (χ1v) is 25.0. The zero-order valence-corrected chi connectivity index (χ0v) is 38.9. The lowest BCUT2D eigenvalue weighted by molar-refractivity contribution is -0.302. The molecule has 6 N–H and O–H groups in total. The fraction of sp³-hybridized carbons (Fsp3) is 0.788. The number of amides is 1. The summed E-state index contributed by atoms with van der Waals surface area (Å²) in [4.78, 5) is 13.0. The fourth-order valence-corrected chi connectivity index (χ4v) is 7.52. The quantitative estimate of drug-likeness (QED) is 0.0263. The third kappa shape index (κ3) is 32.2. The van der Waals surface area contributed by atoms with E-state index in [0.29, 0.717) is 6.42 Å². The average Bonchev–Trinajstić information content (AvgIpc) is 3.26. The Balaban J connectivity index is 2.21. The van der Waals surface area contributed by atoms with E-state index in [2.05, 4.69) is 67.8 Å². The summed E-state index contributed by atoms with van der Waals surface area (Å²) in [6, 6.07) is -0.827. The van der Waals surface area contributed by atoms with Crippen molar-refractivity contribution in [1.29, 1.82) is 0 Å². The van der Waals surface area contributed by atoms with Gasteiger partial charge >= 0.3 is 0 Å². The van der Waals surface area contributed by atoms with Crippen LogP contribution in [0.2, 0.25) is 0 Å². The van der Waals surface area contributed by atoms with Crippen LogP contribution < -0.4 is 5.32 Å². The van der Waals surface area contributed by atoms with Crippen LogP contribution in [0.3, 0.4) is 0 Å². The van der Waals surface area contributed by atoms with E-state index < -0.39 is 49.5 Å². The van der Waals surface area contributed by atoms with Crippen LogP contribution in [0, 0.1) is 0 Å². The lowest BCUT2D eigenvalue weighted by Gasteiger charge is -2.40. The van der Waals surface area contributed by atoms with E-state index in [4.69, 9.17) is 9.47 Å². The van der Waals surface area contributed by atoms with E-state index >= 15 is 0 Å². The Bertz CT molecular complexity index is 1140. The molecule has 1 fully saturated rings. The minimum absolute atomic E-state index is 0.194. The van der Waals surface area contributed by atoms with Gasteiger partial charge in [-0.3, -0.25) is 4.79 Å². The molecule has 9 nitrogen and oxygen atoms in total. The summed E-state index contributed by atoms with van der Waals surface area (Å²) in [6.07, 6.45) is 48.6. The number of carbonyl (C=O) groups is 1. The Labute approximate surface area is 373 Å². The molecule has 354 valence electrons. The van der Waals surface area contributed by atoms with Crippen LogP contribution in [0.25, 0.3) is 0 Å². The summed E-state index contributed by atoms with van der Waals surface area (Å²) in [5.41, 5.74) is 0. The maximum absolute atomic E-state index is 13.0. The van der Waals surface area contributed by atoms with E-state index in [1.165, 1.54) is 122 Å². The number of aliphatic hydroxyl groups is 5. The molecule has 7 atom stereocenters. The Kier molecular flexibility index (Phi) is 39.1. The van der Waals surface area contributed by atoms with Gasteiger partial charge in [0.2, 0.25) is 5.91 Å². The monoisotopic (exact) mass is 860 g/mol. The minimum Gasteiger partial charge on any atom is -0.394 e. The number of aliphatic hydroxyl groups excluding tert-OH is 5. The SMILES string of the molecule is CCC/C=C/CC/C=C/CC/C=C/C(O)C(COC1OC(CO)C(O)C(O)C1O)NC(=O)CCCCCCCCCCCCCCCCC/C=C\C/C=C\CCCCCCC. The van der Waals surface area contributed by atoms with Gasteiger partial charge in [0.1, 0.15) is 24.4 Å². The molecule has 1 rings (SSSR count). The van der Waals surface area contributed by atoms with Crippen LogP contribution in [-0.4, -0.2) is 87.5 Å². The van der Waals surface area contributed by atoms with Crippen molar-refractivity contribution in [3.05, 3.63) is 60.8 Å². The third-order valence-electron chi connectivity index (χ3n) is 11.5. The highest BCUT2D eigenvalue weighted by atomic mass is 16.7. The zero-order valence-electron chi connectivity index (χ0n) is 38.9. The van der Waals surface area contributed by atoms with Gasteiger partial charge in [0.05, 0.1) is 25.4 Å². The molecule has 61 heavy (non-hydrogen) atoms. The van der Waals surface area contributed by atoms with Crippen molar-refractivity contribution in [3.63, 3.8) is 0 Å². The van der Waals surface area contributed by atoms with Crippen molar-refractivity contribution in [2.24, 2.45) is 0 Å². The van der Waals surface area contributed by atoms with Crippen LogP contribution in [0.5, 0.6) is 0 Å².